The zero-order valence-corrected chi connectivity index (χ0v) is 29.3. The van der Waals surface area contributed by atoms with Gasteiger partial charge in [-0.15, -0.1) is 6.58 Å². The molecule has 3 aliphatic rings. The Labute approximate surface area is 291 Å². The van der Waals surface area contributed by atoms with Crippen LogP contribution in [0.5, 0.6) is 0 Å². The number of hydrogen-bond donors (Lipinski definition) is 4. The largest absolute Gasteiger partial charge is 0.457 e. The first-order valence-electron chi connectivity index (χ1n) is 17.7. The van der Waals surface area contributed by atoms with Crippen molar-refractivity contribution in [2.75, 3.05) is 25.5 Å². The van der Waals surface area contributed by atoms with Crippen LogP contribution in [0.25, 0.3) is 0 Å². The van der Waals surface area contributed by atoms with Gasteiger partial charge in [-0.1, -0.05) is 50.6 Å². The van der Waals surface area contributed by atoms with Gasteiger partial charge in [-0.05, 0) is 80.9 Å². The number of carbonyl (C=O) groups is 4. The fraction of sp³-hybridized carbons (Fsp3) is 0.553. The molecule has 3 amide bonds. The van der Waals surface area contributed by atoms with E-state index in [0.29, 0.717) is 29.9 Å². The Bertz CT molecular complexity index is 1400. The third-order valence-electron chi connectivity index (χ3n) is 10.0. The minimum absolute atomic E-state index is 0.186. The highest BCUT2D eigenvalue weighted by molar-refractivity contribution is 5.98. The van der Waals surface area contributed by atoms with Gasteiger partial charge in [0.05, 0.1) is 36.7 Å². The topological polar surface area (TPSA) is 141 Å². The van der Waals surface area contributed by atoms with Gasteiger partial charge in [-0.25, -0.2) is 4.79 Å². The molecule has 0 bridgehead atoms. The van der Waals surface area contributed by atoms with Gasteiger partial charge in [0.15, 0.2) is 0 Å². The molecule has 1 aromatic rings. The molecule has 1 saturated heterocycles. The number of aryl methyl sites for hydroxylation is 1. The monoisotopic (exact) mass is 674 g/mol. The van der Waals surface area contributed by atoms with Crippen LogP contribution in [0.2, 0.25) is 0 Å². The van der Waals surface area contributed by atoms with Crippen LogP contribution in [-0.4, -0.2) is 79.8 Å². The molecule has 49 heavy (non-hydrogen) atoms. The number of benzene rings is 1. The van der Waals surface area contributed by atoms with Crippen molar-refractivity contribution in [2.24, 2.45) is 22.7 Å². The van der Waals surface area contributed by atoms with Crippen molar-refractivity contribution in [3.8, 4) is 0 Å². The molecule has 1 aliphatic heterocycles. The van der Waals surface area contributed by atoms with Crippen molar-refractivity contribution in [1.82, 2.24) is 20.9 Å². The van der Waals surface area contributed by atoms with Crippen molar-refractivity contribution in [1.29, 1.82) is 0 Å². The number of amides is 3. The number of esters is 1. The minimum atomic E-state index is -0.810. The molecule has 3 fully saturated rings. The summed E-state index contributed by atoms with van der Waals surface area (Å²) in [6, 6.07) is 3.48. The predicted octanol–water partition coefficient (Wildman–Crippen LogP) is 4.65. The Hall–Kier alpha value is -4.41. The molecule has 1 heterocycles. The molecular weight excluding hydrogens is 620 g/mol. The van der Waals surface area contributed by atoms with Crippen LogP contribution in [0.3, 0.4) is 0 Å². The lowest BCUT2D eigenvalue weighted by Crippen LogP contribution is -2.53. The summed E-state index contributed by atoms with van der Waals surface area (Å²) in [6.45, 7) is 13.0. The van der Waals surface area contributed by atoms with Gasteiger partial charge < -0.3 is 30.9 Å². The number of likely N-dealkylation sites (tertiary alicyclic amines) is 1. The van der Waals surface area contributed by atoms with Gasteiger partial charge in [0, 0.05) is 19.2 Å². The van der Waals surface area contributed by atoms with E-state index >= 15 is 0 Å². The molecule has 4 unspecified atom stereocenters. The van der Waals surface area contributed by atoms with Crippen molar-refractivity contribution < 1.29 is 23.9 Å². The summed E-state index contributed by atoms with van der Waals surface area (Å²) in [5.41, 5.74) is 2.47. The number of aliphatic imine (C=N–C) groups is 1. The number of carbonyl (C=O) groups excluding carboxylic acids is 4. The maximum absolute atomic E-state index is 13.8. The zero-order chi connectivity index (χ0) is 35.3. The Morgan fingerprint density at radius 3 is 2.59 bits per heavy atom. The quantitative estimate of drug-likeness (QED) is 0.0551. The van der Waals surface area contributed by atoms with Crippen molar-refractivity contribution >= 4 is 36.2 Å². The minimum Gasteiger partial charge on any atom is -0.457 e. The SMILES string of the molecule is C=CCC(NC(=O)C1C[C@@H](OC(=O)c2ccc(C)cc2NC=NC/C=C/CCC2CC2C)CN1C(=C)[C@@H](NC=O)C1CCCC1)C(=O)NC. The molecule has 0 radical (unpaired) electrons. The van der Waals surface area contributed by atoms with E-state index in [9.17, 15) is 19.2 Å². The lowest BCUT2D eigenvalue weighted by Gasteiger charge is -2.35. The van der Waals surface area contributed by atoms with E-state index in [1.54, 1.807) is 18.5 Å². The van der Waals surface area contributed by atoms with Gasteiger partial charge in [0.1, 0.15) is 18.2 Å². The average molecular weight is 675 g/mol. The molecule has 0 spiro atoms. The normalized spacial score (nSPS) is 23.2. The maximum atomic E-state index is 13.8. The second-order valence-electron chi connectivity index (χ2n) is 13.6. The molecule has 4 rings (SSSR count). The van der Waals surface area contributed by atoms with E-state index in [1.807, 2.05) is 24.0 Å². The van der Waals surface area contributed by atoms with E-state index in [-0.39, 0.29) is 37.3 Å². The summed E-state index contributed by atoms with van der Waals surface area (Å²) >= 11 is 0. The molecule has 266 valence electrons. The number of rotatable bonds is 19. The van der Waals surface area contributed by atoms with Crippen LogP contribution < -0.4 is 21.3 Å². The molecule has 1 aromatic carbocycles. The van der Waals surface area contributed by atoms with Crippen LogP contribution in [0.4, 0.5) is 5.69 Å². The molecule has 6 atom stereocenters. The Morgan fingerprint density at radius 1 is 1.16 bits per heavy atom. The number of anilines is 1. The molecule has 2 aliphatic carbocycles. The van der Waals surface area contributed by atoms with Gasteiger partial charge in [0.25, 0.3) is 0 Å². The Kier molecular flexibility index (Phi) is 14.0. The summed E-state index contributed by atoms with van der Waals surface area (Å²) in [7, 11) is 1.51. The number of nitrogens with zero attached hydrogens (tertiary/aromatic N) is 2. The predicted molar refractivity (Wildman–Crippen MR) is 193 cm³/mol. The second kappa shape index (κ2) is 18.4. The zero-order valence-electron chi connectivity index (χ0n) is 29.3. The van der Waals surface area contributed by atoms with Gasteiger partial charge in [-0.2, -0.15) is 0 Å². The number of allylic oxidation sites excluding steroid dienone is 1. The van der Waals surface area contributed by atoms with Crippen LogP contribution in [0.1, 0.15) is 80.6 Å². The summed E-state index contributed by atoms with van der Waals surface area (Å²) in [4.78, 5) is 57.8. The average Bonchev–Trinajstić information content (AvgIpc) is 3.43. The summed E-state index contributed by atoms with van der Waals surface area (Å²) in [5, 5.41) is 11.5. The summed E-state index contributed by atoms with van der Waals surface area (Å²) in [6.07, 6.45) is 15.5. The second-order valence-corrected chi connectivity index (χ2v) is 13.6. The third kappa shape index (κ3) is 10.5. The highest BCUT2D eigenvalue weighted by atomic mass is 16.5. The first kappa shape index (κ1) is 37.4. The van der Waals surface area contributed by atoms with Crippen LogP contribution >= 0.6 is 0 Å². The summed E-state index contributed by atoms with van der Waals surface area (Å²) in [5.74, 6) is 0.668. The number of likely N-dealkylation sites (N-methyl/N-ethyl adjacent to an activating group) is 1. The molecule has 11 nitrogen and oxygen atoms in total. The first-order chi connectivity index (χ1) is 23.7. The highest BCUT2D eigenvalue weighted by Crippen LogP contribution is 2.41. The van der Waals surface area contributed by atoms with Crippen LogP contribution in [-0.2, 0) is 19.1 Å². The number of nitrogens with one attached hydrogen (secondary N) is 4. The van der Waals surface area contributed by atoms with Crippen LogP contribution in [0.15, 0.2) is 60.3 Å². The molecule has 4 N–H and O–H groups in total. The fourth-order valence-corrected chi connectivity index (χ4v) is 7.04. The third-order valence-corrected chi connectivity index (χ3v) is 10.0. The molecular formula is C38H54N6O5. The van der Waals surface area contributed by atoms with Crippen molar-refractivity contribution in [2.45, 2.75) is 95.9 Å². The number of hydrogen-bond acceptors (Lipinski definition) is 7. The van der Waals surface area contributed by atoms with Gasteiger partial charge in [-0.3, -0.25) is 19.4 Å². The fourth-order valence-electron chi connectivity index (χ4n) is 7.04. The van der Waals surface area contributed by atoms with E-state index in [2.05, 4.69) is 58.5 Å². The Balaban J connectivity index is 1.45. The number of ether oxygens (including phenoxy) is 1. The molecule has 2 saturated carbocycles. The van der Waals surface area contributed by atoms with E-state index in [4.69, 9.17) is 4.74 Å². The summed E-state index contributed by atoms with van der Waals surface area (Å²) < 4.78 is 6.05. The van der Waals surface area contributed by atoms with Crippen LogP contribution in [0, 0.1) is 24.7 Å². The van der Waals surface area contributed by atoms with E-state index < -0.39 is 30.1 Å². The smallest absolute Gasteiger partial charge is 0.340 e. The Morgan fingerprint density at radius 2 is 1.92 bits per heavy atom. The van der Waals surface area contributed by atoms with Gasteiger partial charge >= 0.3 is 5.97 Å². The van der Waals surface area contributed by atoms with E-state index in [1.165, 1.54) is 19.9 Å². The lowest BCUT2D eigenvalue weighted by molar-refractivity contribution is -0.130. The highest BCUT2D eigenvalue weighted by Gasteiger charge is 2.43. The molecule has 11 heteroatoms. The first-order valence-corrected chi connectivity index (χ1v) is 17.7. The standard InChI is InChI=1S/C38H54N6O5/c1-6-12-32(36(46)39-5)43-37(47)34-21-30(22-44(34)27(4)35(42-24-45)28-13-9-10-14-28)49-38(48)31-17-16-25(2)19-33(31)41-23-40-18-11-7-8-15-29-20-26(29)3/h6-7,11,16-17,19,23-24,26,28-30,32,34-35H,1,4,8-10,12-15,18,20-22H2,2-3,5H3,(H,39,46)(H,40,41)(H,42,45)(H,43,47)/b11-7+/t26?,29?,30-,32?,34?,35-/m1/s1. The molecule has 0 aromatic heterocycles. The van der Waals surface area contributed by atoms with Crippen molar-refractivity contribution in [3.05, 3.63) is 66.4 Å². The lowest BCUT2D eigenvalue weighted by atomic mass is 9.94. The van der Waals surface area contributed by atoms with Crippen molar-refractivity contribution in [3.63, 3.8) is 0 Å². The maximum Gasteiger partial charge on any atom is 0.340 e. The van der Waals surface area contributed by atoms with Gasteiger partial charge in [0.2, 0.25) is 18.2 Å². The van der Waals surface area contributed by atoms with E-state index in [0.717, 1.165) is 49.5 Å².